The van der Waals surface area contributed by atoms with Gasteiger partial charge in [0.15, 0.2) is 5.69 Å². The predicted molar refractivity (Wildman–Crippen MR) is 65.0 cm³/mol. The monoisotopic (exact) mass is 243 g/mol. The van der Waals surface area contributed by atoms with Crippen LogP contribution in [0, 0.1) is 6.92 Å². The summed E-state index contributed by atoms with van der Waals surface area (Å²) in [4.78, 5) is 15.2. The lowest BCUT2D eigenvalue weighted by Gasteiger charge is -2.06. The number of aromatic carboxylic acids is 1. The summed E-state index contributed by atoms with van der Waals surface area (Å²) in [5, 5.41) is 13.2. The van der Waals surface area contributed by atoms with Crippen LogP contribution in [0.1, 0.15) is 40.6 Å². The van der Waals surface area contributed by atoms with Gasteiger partial charge < -0.3 is 5.11 Å². The highest BCUT2D eigenvalue weighted by molar-refractivity contribution is 5.85. The SMILES string of the molecule is Cc1cc(-n2nc(C(=O)O)cc2C2CC2)ccn1. The lowest BCUT2D eigenvalue weighted by atomic mass is 10.2. The number of hydrogen-bond donors (Lipinski definition) is 1. The molecule has 0 amide bonds. The van der Waals surface area contributed by atoms with E-state index in [-0.39, 0.29) is 5.69 Å². The van der Waals surface area contributed by atoms with Gasteiger partial charge in [-0.2, -0.15) is 5.10 Å². The van der Waals surface area contributed by atoms with E-state index in [1.54, 1.807) is 16.9 Å². The van der Waals surface area contributed by atoms with Crippen molar-refractivity contribution in [2.45, 2.75) is 25.7 Å². The minimum atomic E-state index is -0.985. The third-order valence-corrected chi connectivity index (χ3v) is 3.08. The smallest absolute Gasteiger partial charge is 0.356 e. The van der Waals surface area contributed by atoms with Gasteiger partial charge in [-0.25, -0.2) is 9.48 Å². The minimum absolute atomic E-state index is 0.103. The maximum atomic E-state index is 11.0. The molecule has 0 atom stereocenters. The van der Waals surface area contributed by atoms with Crippen LogP contribution in [0.3, 0.4) is 0 Å². The van der Waals surface area contributed by atoms with Gasteiger partial charge in [0.1, 0.15) is 0 Å². The van der Waals surface area contributed by atoms with Crippen LogP contribution in [0.2, 0.25) is 0 Å². The second kappa shape index (κ2) is 3.94. The molecule has 1 fully saturated rings. The number of pyridine rings is 1. The Hall–Kier alpha value is -2.17. The first-order valence-electron chi connectivity index (χ1n) is 5.91. The van der Waals surface area contributed by atoms with Crippen molar-refractivity contribution in [3.05, 3.63) is 41.5 Å². The van der Waals surface area contributed by atoms with Gasteiger partial charge in [-0.3, -0.25) is 4.98 Å². The molecule has 1 N–H and O–H groups in total. The van der Waals surface area contributed by atoms with Crippen LogP contribution in [0.4, 0.5) is 0 Å². The average Bonchev–Trinajstić information content (AvgIpc) is 3.07. The first-order valence-corrected chi connectivity index (χ1v) is 5.91. The molecule has 0 aliphatic heterocycles. The Morgan fingerprint density at radius 2 is 2.22 bits per heavy atom. The fraction of sp³-hybridized carbons (Fsp3) is 0.308. The second-order valence-corrected chi connectivity index (χ2v) is 4.60. The highest BCUT2D eigenvalue weighted by atomic mass is 16.4. The molecule has 0 aromatic carbocycles. The zero-order valence-corrected chi connectivity index (χ0v) is 10.00. The Morgan fingerprint density at radius 3 is 2.83 bits per heavy atom. The molecular weight excluding hydrogens is 230 g/mol. The molecule has 92 valence electrons. The molecule has 1 saturated carbocycles. The van der Waals surface area contributed by atoms with Crippen LogP contribution in [0.25, 0.3) is 5.69 Å². The lowest BCUT2D eigenvalue weighted by molar-refractivity contribution is 0.0690. The predicted octanol–water partition coefficient (Wildman–Crippen LogP) is 2.15. The molecule has 1 aliphatic carbocycles. The van der Waals surface area contributed by atoms with Crippen LogP contribution >= 0.6 is 0 Å². The molecule has 1 aliphatic rings. The summed E-state index contributed by atoms with van der Waals surface area (Å²) >= 11 is 0. The number of rotatable bonds is 3. The number of carboxylic acid groups (broad SMARTS) is 1. The van der Waals surface area contributed by atoms with Gasteiger partial charge in [0.25, 0.3) is 0 Å². The summed E-state index contributed by atoms with van der Waals surface area (Å²) in [6.45, 7) is 1.90. The molecule has 5 heteroatoms. The first kappa shape index (κ1) is 11.0. The summed E-state index contributed by atoms with van der Waals surface area (Å²) in [5.74, 6) is -0.541. The molecule has 2 heterocycles. The van der Waals surface area contributed by atoms with Crippen LogP contribution in [-0.2, 0) is 0 Å². The molecule has 0 unspecified atom stereocenters. The van der Waals surface area contributed by atoms with Crippen LogP contribution < -0.4 is 0 Å². The van der Waals surface area contributed by atoms with E-state index in [1.165, 1.54) is 0 Å². The third-order valence-electron chi connectivity index (χ3n) is 3.08. The maximum absolute atomic E-state index is 11.0. The quantitative estimate of drug-likeness (QED) is 0.896. The van der Waals surface area contributed by atoms with Crippen molar-refractivity contribution in [2.24, 2.45) is 0 Å². The minimum Gasteiger partial charge on any atom is -0.476 e. The fourth-order valence-corrected chi connectivity index (χ4v) is 2.04. The summed E-state index contributed by atoms with van der Waals surface area (Å²) in [7, 11) is 0. The Kier molecular flexibility index (Phi) is 2.40. The summed E-state index contributed by atoms with van der Waals surface area (Å²) in [5.41, 5.74) is 2.85. The molecule has 2 aromatic heterocycles. The number of aromatic nitrogens is 3. The van der Waals surface area contributed by atoms with Crippen molar-refractivity contribution >= 4 is 5.97 Å². The zero-order chi connectivity index (χ0) is 12.7. The van der Waals surface area contributed by atoms with Crippen molar-refractivity contribution in [1.82, 2.24) is 14.8 Å². The molecule has 18 heavy (non-hydrogen) atoms. The molecule has 0 bridgehead atoms. The van der Waals surface area contributed by atoms with Crippen molar-refractivity contribution in [1.29, 1.82) is 0 Å². The molecule has 0 radical (unpaired) electrons. The highest BCUT2D eigenvalue weighted by Gasteiger charge is 2.29. The number of hydrogen-bond acceptors (Lipinski definition) is 3. The van der Waals surface area contributed by atoms with Gasteiger partial charge in [-0.15, -0.1) is 0 Å². The Morgan fingerprint density at radius 1 is 1.44 bits per heavy atom. The highest BCUT2D eigenvalue weighted by Crippen LogP contribution is 2.41. The van der Waals surface area contributed by atoms with E-state index in [1.807, 2.05) is 19.1 Å². The first-order chi connectivity index (χ1) is 8.65. The van der Waals surface area contributed by atoms with E-state index in [0.717, 1.165) is 29.9 Å². The Balaban J connectivity index is 2.12. The van der Waals surface area contributed by atoms with Crippen molar-refractivity contribution in [3.8, 4) is 5.69 Å². The normalized spacial score (nSPS) is 14.7. The molecule has 0 saturated heterocycles. The van der Waals surface area contributed by atoms with Crippen LogP contribution in [-0.4, -0.2) is 25.8 Å². The number of carboxylic acids is 1. The van der Waals surface area contributed by atoms with Gasteiger partial charge in [0.05, 0.1) is 5.69 Å². The van der Waals surface area contributed by atoms with Crippen LogP contribution in [0.5, 0.6) is 0 Å². The molecule has 5 nitrogen and oxygen atoms in total. The average molecular weight is 243 g/mol. The van der Waals surface area contributed by atoms with Gasteiger partial charge >= 0.3 is 5.97 Å². The van der Waals surface area contributed by atoms with E-state index in [0.29, 0.717) is 5.92 Å². The number of aryl methyl sites for hydroxylation is 1. The maximum Gasteiger partial charge on any atom is 0.356 e. The Bertz CT molecular complexity index is 614. The van der Waals surface area contributed by atoms with Gasteiger partial charge in [-0.05, 0) is 38.0 Å². The van der Waals surface area contributed by atoms with Crippen LogP contribution in [0.15, 0.2) is 24.4 Å². The summed E-state index contributed by atoms with van der Waals surface area (Å²) in [6.07, 6.45) is 3.92. The van der Waals surface area contributed by atoms with E-state index in [2.05, 4.69) is 10.1 Å². The van der Waals surface area contributed by atoms with E-state index in [4.69, 9.17) is 5.11 Å². The molecule has 2 aromatic rings. The third kappa shape index (κ3) is 1.88. The molecule has 3 rings (SSSR count). The van der Waals surface area contributed by atoms with Crippen molar-refractivity contribution in [3.63, 3.8) is 0 Å². The summed E-state index contributed by atoms with van der Waals surface area (Å²) < 4.78 is 1.73. The fourth-order valence-electron chi connectivity index (χ4n) is 2.04. The lowest BCUT2D eigenvalue weighted by Crippen LogP contribution is -2.04. The van der Waals surface area contributed by atoms with Crippen molar-refractivity contribution < 1.29 is 9.90 Å². The van der Waals surface area contributed by atoms with E-state index < -0.39 is 5.97 Å². The zero-order valence-electron chi connectivity index (χ0n) is 10.00. The number of nitrogens with zero attached hydrogens (tertiary/aromatic N) is 3. The standard InChI is InChI=1S/C13H13N3O2/c1-8-6-10(4-5-14-8)16-12(9-2-3-9)7-11(15-16)13(17)18/h4-7,9H,2-3H2,1H3,(H,17,18). The summed E-state index contributed by atoms with van der Waals surface area (Å²) in [6, 6.07) is 5.43. The topological polar surface area (TPSA) is 68.0 Å². The molecular formula is C13H13N3O2. The van der Waals surface area contributed by atoms with E-state index in [9.17, 15) is 4.79 Å². The number of carbonyl (C=O) groups is 1. The molecule has 0 spiro atoms. The second-order valence-electron chi connectivity index (χ2n) is 4.60. The van der Waals surface area contributed by atoms with Crippen molar-refractivity contribution in [2.75, 3.05) is 0 Å². The van der Waals surface area contributed by atoms with Gasteiger partial charge in [0.2, 0.25) is 0 Å². The van der Waals surface area contributed by atoms with Gasteiger partial charge in [-0.1, -0.05) is 0 Å². The van der Waals surface area contributed by atoms with Gasteiger partial charge in [0, 0.05) is 23.5 Å². The largest absolute Gasteiger partial charge is 0.476 e. The van der Waals surface area contributed by atoms with E-state index >= 15 is 0 Å². The Labute approximate surface area is 104 Å².